The smallest absolute Gasteiger partial charge is 0.246 e. The van der Waals surface area contributed by atoms with Gasteiger partial charge in [0, 0.05) is 17.1 Å². The monoisotopic (exact) mass is 462 g/mol. The molecule has 0 saturated heterocycles. The van der Waals surface area contributed by atoms with Crippen LogP contribution in [0.3, 0.4) is 0 Å². The average Bonchev–Trinajstić information content (AvgIpc) is 3.06. The molecular formula is C16H20FIN4OS. The maximum atomic E-state index is 12.8. The Morgan fingerprint density at radius 2 is 1.96 bits per heavy atom. The molecule has 0 atom stereocenters. The second-order valence-corrected chi connectivity index (χ2v) is 5.72. The van der Waals surface area contributed by atoms with Crippen molar-refractivity contribution >= 4 is 52.9 Å². The maximum Gasteiger partial charge on any atom is 0.246 e. The van der Waals surface area contributed by atoms with Crippen LogP contribution in [0.25, 0.3) is 0 Å². The van der Waals surface area contributed by atoms with Crippen molar-refractivity contribution in [2.75, 3.05) is 18.4 Å². The van der Waals surface area contributed by atoms with Crippen LogP contribution in [0.2, 0.25) is 0 Å². The minimum atomic E-state index is -0.340. The molecule has 8 heteroatoms. The molecule has 1 aromatic heterocycles. The normalized spacial score (nSPS) is 10.7. The van der Waals surface area contributed by atoms with Crippen molar-refractivity contribution in [2.24, 2.45) is 4.99 Å². The Kier molecular flexibility index (Phi) is 9.31. The number of hydrogen-bond donors (Lipinski definition) is 3. The Hall–Kier alpha value is -1.68. The summed E-state index contributed by atoms with van der Waals surface area (Å²) in [4.78, 5) is 17.3. The molecule has 0 aliphatic carbocycles. The van der Waals surface area contributed by atoms with Crippen molar-refractivity contribution in [3.8, 4) is 0 Å². The van der Waals surface area contributed by atoms with Gasteiger partial charge in [0.1, 0.15) is 12.4 Å². The van der Waals surface area contributed by atoms with E-state index in [1.165, 1.54) is 29.1 Å². The van der Waals surface area contributed by atoms with Crippen molar-refractivity contribution < 1.29 is 9.18 Å². The predicted molar refractivity (Wildman–Crippen MR) is 108 cm³/mol. The van der Waals surface area contributed by atoms with Crippen LogP contribution in [0.5, 0.6) is 0 Å². The van der Waals surface area contributed by atoms with Gasteiger partial charge in [0.15, 0.2) is 5.96 Å². The molecule has 0 fully saturated rings. The van der Waals surface area contributed by atoms with Crippen LogP contribution in [0.4, 0.5) is 10.1 Å². The molecule has 0 aliphatic rings. The number of nitrogens with one attached hydrogen (secondary N) is 3. The lowest BCUT2D eigenvalue weighted by atomic mass is 10.3. The third-order valence-electron chi connectivity index (χ3n) is 2.86. The molecule has 24 heavy (non-hydrogen) atoms. The third-order valence-corrected chi connectivity index (χ3v) is 3.74. The summed E-state index contributed by atoms with van der Waals surface area (Å²) in [5.74, 6) is -0.0201. The Labute approximate surface area is 161 Å². The summed E-state index contributed by atoms with van der Waals surface area (Å²) in [6.07, 6.45) is 0. The van der Waals surface area contributed by atoms with E-state index in [-0.39, 0.29) is 42.2 Å². The number of nitrogens with zero attached hydrogens (tertiary/aromatic N) is 1. The number of guanidine groups is 1. The van der Waals surface area contributed by atoms with Gasteiger partial charge in [-0.05, 0) is 42.6 Å². The summed E-state index contributed by atoms with van der Waals surface area (Å²) >= 11 is 1.66. The first-order valence-corrected chi connectivity index (χ1v) is 8.15. The number of thiophene rings is 1. The van der Waals surface area contributed by atoms with Crippen LogP contribution in [-0.2, 0) is 11.3 Å². The number of amides is 1. The zero-order chi connectivity index (χ0) is 16.5. The highest BCUT2D eigenvalue weighted by Gasteiger charge is 2.04. The molecular weight excluding hydrogens is 442 g/mol. The standard InChI is InChI=1S/C16H19FN4OS.HI/c1-2-18-16(19-10-14-4-3-9-23-14)20-11-15(22)21-13-7-5-12(17)6-8-13;/h3-9H,2,10-11H2,1H3,(H,21,22)(H2,18,19,20);1H. The van der Waals surface area contributed by atoms with Crippen molar-refractivity contribution in [1.29, 1.82) is 0 Å². The molecule has 0 radical (unpaired) electrons. The third kappa shape index (κ3) is 7.26. The minimum Gasteiger partial charge on any atom is -0.357 e. The van der Waals surface area contributed by atoms with Gasteiger partial charge in [0.05, 0.1) is 6.54 Å². The number of rotatable bonds is 6. The van der Waals surface area contributed by atoms with E-state index >= 15 is 0 Å². The van der Waals surface area contributed by atoms with Gasteiger partial charge in [-0.1, -0.05) is 6.07 Å². The fourth-order valence-electron chi connectivity index (χ4n) is 1.81. The van der Waals surface area contributed by atoms with Gasteiger partial charge in [-0.2, -0.15) is 0 Å². The molecule has 0 bridgehead atoms. The van der Waals surface area contributed by atoms with E-state index in [4.69, 9.17) is 0 Å². The molecule has 2 aromatic rings. The summed E-state index contributed by atoms with van der Waals surface area (Å²) in [5, 5.41) is 10.9. The summed E-state index contributed by atoms with van der Waals surface area (Å²) in [7, 11) is 0. The molecule has 1 heterocycles. The molecule has 0 saturated carbocycles. The number of carbonyl (C=O) groups excluding carboxylic acids is 1. The van der Waals surface area contributed by atoms with Crippen LogP contribution < -0.4 is 16.0 Å². The lowest BCUT2D eigenvalue weighted by Crippen LogP contribution is -2.37. The van der Waals surface area contributed by atoms with Crippen LogP contribution in [0, 0.1) is 5.82 Å². The molecule has 1 amide bonds. The zero-order valence-corrected chi connectivity index (χ0v) is 16.4. The van der Waals surface area contributed by atoms with Gasteiger partial charge >= 0.3 is 0 Å². The highest BCUT2D eigenvalue weighted by Crippen LogP contribution is 2.08. The topological polar surface area (TPSA) is 65.5 Å². The maximum absolute atomic E-state index is 12.8. The predicted octanol–water partition coefficient (Wildman–Crippen LogP) is 3.20. The Balaban J connectivity index is 0.00000288. The molecule has 0 unspecified atom stereocenters. The molecule has 2 rings (SSSR count). The molecule has 0 aliphatic heterocycles. The van der Waals surface area contributed by atoms with E-state index in [9.17, 15) is 9.18 Å². The van der Waals surface area contributed by atoms with Crippen molar-refractivity contribution in [3.63, 3.8) is 0 Å². The minimum absolute atomic E-state index is 0. The Morgan fingerprint density at radius 3 is 2.58 bits per heavy atom. The van der Waals surface area contributed by atoms with E-state index in [1.54, 1.807) is 11.3 Å². The fourth-order valence-corrected chi connectivity index (χ4v) is 2.45. The van der Waals surface area contributed by atoms with Crippen LogP contribution in [-0.4, -0.2) is 25.0 Å². The number of halogens is 2. The first-order valence-electron chi connectivity index (χ1n) is 7.27. The van der Waals surface area contributed by atoms with Gasteiger partial charge in [-0.3, -0.25) is 4.79 Å². The van der Waals surface area contributed by atoms with Crippen molar-refractivity contribution in [2.45, 2.75) is 13.5 Å². The SMILES string of the molecule is CCNC(=NCC(=O)Nc1ccc(F)cc1)NCc1cccs1.I. The summed E-state index contributed by atoms with van der Waals surface area (Å²) in [5.41, 5.74) is 0.545. The largest absolute Gasteiger partial charge is 0.357 e. The number of benzene rings is 1. The van der Waals surface area contributed by atoms with E-state index in [0.29, 0.717) is 24.7 Å². The number of hydrogen-bond acceptors (Lipinski definition) is 3. The number of aliphatic imine (C=N–C) groups is 1. The van der Waals surface area contributed by atoms with Crippen LogP contribution in [0.15, 0.2) is 46.8 Å². The van der Waals surface area contributed by atoms with Gasteiger partial charge < -0.3 is 16.0 Å². The lowest BCUT2D eigenvalue weighted by Gasteiger charge is -2.10. The van der Waals surface area contributed by atoms with Gasteiger partial charge in [-0.25, -0.2) is 9.38 Å². The van der Waals surface area contributed by atoms with Crippen LogP contribution >= 0.6 is 35.3 Å². The highest BCUT2D eigenvalue weighted by molar-refractivity contribution is 14.0. The van der Waals surface area contributed by atoms with Gasteiger partial charge in [0.2, 0.25) is 5.91 Å². The van der Waals surface area contributed by atoms with E-state index in [2.05, 4.69) is 20.9 Å². The fraction of sp³-hybridized carbons (Fsp3) is 0.250. The molecule has 0 spiro atoms. The Morgan fingerprint density at radius 1 is 1.21 bits per heavy atom. The molecule has 130 valence electrons. The zero-order valence-electron chi connectivity index (χ0n) is 13.2. The molecule has 1 aromatic carbocycles. The van der Waals surface area contributed by atoms with E-state index in [1.807, 2.05) is 24.4 Å². The molecule has 3 N–H and O–H groups in total. The Bertz CT molecular complexity index is 647. The summed E-state index contributed by atoms with van der Waals surface area (Å²) < 4.78 is 12.8. The quantitative estimate of drug-likeness (QED) is 0.351. The second-order valence-electron chi connectivity index (χ2n) is 4.68. The molecule has 5 nitrogen and oxygen atoms in total. The summed E-state index contributed by atoms with van der Waals surface area (Å²) in [6, 6.07) is 9.63. The second kappa shape index (κ2) is 11.0. The van der Waals surface area contributed by atoms with Crippen LogP contribution in [0.1, 0.15) is 11.8 Å². The van der Waals surface area contributed by atoms with Crippen molar-refractivity contribution in [1.82, 2.24) is 10.6 Å². The lowest BCUT2D eigenvalue weighted by molar-refractivity contribution is -0.114. The first kappa shape index (κ1) is 20.4. The average molecular weight is 462 g/mol. The van der Waals surface area contributed by atoms with Crippen molar-refractivity contribution in [3.05, 3.63) is 52.5 Å². The summed E-state index contributed by atoms with van der Waals surface area (Å²) in [6.45, 7) is 3.30. The highest BCUT2D eigenvalue weighted by atomic mass is 127. The number of anilines is 1. The first-order chi connectivity index (χ1) is 11.2. The van der Waals surface area contributed by atoms with E-state index in [0.717, 1.165) is 0 Å². The van der Waals surface area contributed by atoms with Gasteiger partial charge in [-0.15, -0.1) is 35.3 Å². The number of carbonyl (C=O) groups is 1. The van der Waals surface area contributed by atoms with Gasteiger partial charge in [0.25, 0.3) is 0 Å². The van der Waals surface area contributed by atoms with E-state index < -0.39 is 0 Å².